The number of amides is 2. The predicted octanol–water partition coefficient (Wildman–Crippen LogP) is 2.53. The van der Waals surface area contributed by atoms with Gasteiger partial charge in [-0.1, -0.05) is 24.3 Å². The number of pyridine rings is 1. The summed E-state index contributed by atoms with van der Waals surface area (Å²) in [6, 6.07) is 16.4. The van der Waals surface area contributed by atoms with Crippen LogP contribution in [0.25, 0.3) is 0 Å². The van der Waals surface area contributed by atoms with Gasteiger partial charge in [-0.05, 0) is 36.4 Å². The van der Waals surface area contributed by atoms with E-state index < -0.39 is 0 Å². The summed E-state index contributed by atoms with van der Waals surface area (Å²) in [5.74, 6) is -0.976. The first-order valence-corrected chi connectivity index (χ1v) is 8.52. The highest BCUT2D eigenvalue weighted by Gasteiger charge is 2.12. The number of nitrogens with zero attached hydrogens (tertiary/aromatic N) is 1. The van der Waals surface area contributed by atoms with Crippen molar-refractivity contribution in [1.29, 1.82) is 0 Å². The second-order valence-corrected chi connectivity index (χ2v) is 5.97. The smallest absolute Gasteiger partial charge is 0.255 e. The van der Waals surface area contributed by atoms with E-state index in [0.29, 0.717) is 28.1 Å². The van der Waals surface area contributed by atoms with Crippen LogP contribution < -0.4 is 16.4 Å². The minimum Gasteiger partial charge on any atom is -0.397 e. The highest BCUT2D eigenvalue weighted by Crippen LogP contribution is 2.18. The molecule has 28 heavy (non-hydrogen) atoms. The van der Waals surface area contributed by atoms with Gasteiger partial charge in [0, 0.05) is 23.5 Å². The molecule has 7 heteroatoms. The van der Waals surface area contributed by atoms with Crippen LogP contribution in [0.5, 0.6) is 0 Å². The number of anilines is 2. The minimum absolute atomic E-state index is 0.153. The molecule has 0 aliphatic rings. The number of rotatable bonds is 6. The largest absolute Gasteiger partial charge is 0.397 e. The van der Waals surface area contributed by atoms with Crippen molar-refractivity contribution < 1.29 is 14.4 Å². The molecule has 0 fully saturated rings. The molecule has 0 spiro atoms. The van der Waals surface area contributed by atoms with E-state index in [4.69, 9.17) is 5.73 Å². The molecule has 0 radical (unpaired) electrons. The van der Waals surface area contributed by atoms with E-state index >= 15 is 0 Å². The molecule has 7 nitrogen and oxygen atoms in total. The molecular weight excluding hydrogens is 356 g/mol. The molecule has 0 atom stereocenters. The van der Waals surface area contributed by atoms with Crippen molar-refractivity contribution in [2.75, 3.05) is 17.6 Å². The Morgan fingerprint density at radius 3 is 2.21 bits per heavy atom. The number of carbonyl (C=O) groups excluding carboxylic acids is 3. The average Bonchev–Trinajstić information content (AvgIpc) is 2.74. The van der Waals surface area contributed by atoms with E-state index in [-0.39, 0.29) is 24.1 Å². The van der Waals surface area contributed by atoms with Crippen molar-refractivity contribution in [2.45, 2.75) is 0 Å². The SMILES string of the molecule is Nc1ccccc1NC(=O)c1ccc(C(=O)CNC(=O)c2cccnc2)cc1. The topological polar surface area (TPSA) is 114 Å². The number of hydrogen-bond acceptors (Lipinski definition) is 5. The van der Waals surface area contributed by atoms with Crippen LogP contribution in [0.2, 0.25) is 0 Å². The zero-order valence-corrected chi connectivity index (χ0v) is 14.9. The summed E-state index contributed by atoms with van der Waals surface area (Å²) in [4.78, 5) is 40.4. The Balaban J connectivity index is 1.59. The molecule has 0 saturated heterocycles. The van der Waals surface area contributed by atoms with E-state index in [1.807, 2.05) is 0 Å². The molecule has 2 aromatic carbocycles. The molecule has 0 unspecified atom stereocenters. The quantitative estimate of drug-likeness (QED) is 0.453. The number of nitrogens with one attached hydrogen (secondary N) is 2. The Hall–Kier alpha value is -4.00. The molecule has 140 valence electrons. The Kier molecular flexibility index (Phi) is 5.76. The Morgan fingerprint density at radius 1 is 0.821 bits per heavy atom. The molecule has 2 amide bonds. The predicted molar refractivity (Wildman–Crippen MR) is 106 cm³/mol. The molecular formula is C21H18N4O3. The van der Waals surface area contributed by atoms with Crippen LogP contribution >= 0.6 is 0 Å². The summed E-state index contributed by atoms with van der Waals surface area (Å²) in [7, 11) is 0. The van der Waals surface area contributed by atoms with Gasteiger partial charge in [0.25, 0.3) is 11.8 Å². The van der Waals surface area contributed by atoms with Crippen LogP contribution in [0.4, 0.5) is 11.4 Å². The third kappa shape index (κ3) is 4.59. The third-order valence-corrected chi connectivity index (χ3v) is 4.01. The lowest BCUT2D eigenvalue weighted by molar-refractivity contribution is 0.0904. The monoisotopic (exact) mass is 374 g/mol. The van der Waals surface area contributed by atoms with Gasteiger partial charge in [-0.3, -0.25) is 19.4 Å². The Labute approximate surface area is 161 Å². The normalized spacial score (nSPS) is 10.1. The van der Waals surface area contributed by atoms with Crippen LogP contribution in [0.1, 0.15) is 31.1 Å². The van der Waals surface area contributed by atoms with E-state index in [9.17, 15) is 14.4 Å². The van der Waals surface area contributed by atoms with E-state index in [2.05, 4.69) is 15.6 Å². The number of ketones is 1. The first-order chi connectivity index (χ1) is 13.5. The summed E-state index contributed by atoms with van der Waals surface area (Å²) >= 11 is 0. The van der Waals surface area contributed by atoms with Gasteiger partial charge in [0.05, 0.1) is 23.5 Å². The summed E-state index contributed by atoms with van der Waals surface area (Å²) < 4.78 is 0. The van der Waals surface area contributed by atoms with Gasteiger partial charge in [-0.25, -0.2) is 0 Å². The number of Topliss-reactive ketones (excluding diaryl/α,β-unsaturated/α-hetero) is 1. The Bertz CT molecular complexity index is 1000. The van der Waals surface area contributed by atoms with Crippen molar-refractivity contribution in [3.8, 4) is 0 Å². The fourth-order valence-corrected chi connectivity index (χ4v) is 2.47. The molecule has 0 aliphatic heterocycles. The number of carbonyl (C=O) groups is 3. The number of aromatic nitrogens is 1. The lowest BCUT2D eigenvalue weighted by Gasteiger charge is -2.08. The van der Waals surface area contributed by atoms with Gasteiger partial charge in [0.2, 0.25) is 0 Å². The van der Waals surface area contributed by atoms with Crippen LogP contribution in [0, 0.1) is 0 Å². The first kappa shape index (κ1) is 18.8. The zero-order chi connectivity index (χ0) is 19.9. The fraction of sp³-hybridized carbons (Fsp3) is 0.0476. The van der Waals surface area contributed by atoms with Crippen LogP contribution in [0.15, 0.2) is 73.1 Å². The molecule has 0 saturated carbocycles. The minimum atomic E-state index is -0.377. The molecule has 0 bridgehead atoms. The second-order valence-electron chi connectivity index (χ2n) is 5.97. The molecule has 1 heterocycles. The number of benzene rings is 2. The van der Waals surface area contributed by atoms with Crippen molar-refractivity contribution in [3.05, 3.63) is 89.7 Å². The molecule has 1 aromatic heterocycles. The van der Waals surface area contributed by atoms with Gasteiger partial charge < -0.3 is 16.4 Å². The van der Waals surface area contributed by atoms with Gasteiger partial charge in [-0.2, -0.15) is 0 Å². The summed E-state index contributed by atoms with van der Waals surface area (Å²) in [6.45, 7) is -0.153. The lowest BCUT2D eigenvalue weighted by atomic mass is 10.1. The number of para-hydroxylation sites is 2. The Morgan fingerprint density at radius 2 is 1.54 bits per heavy atom. The van der Waals surface area contributed by atoms with Crippen molar-refractivity contribution in [1.82, 2.24) is 10.3 Å². The van der Waals surface area contributed by atoms with Gasteiger partial charge in [0.15, 0.2) is 5.78 Å². The standard InChI is InChI=1S/C21H18N4O3/c22-17-5-1-2-6-18(17)25-21(28)15-9-7-14(8-10-15)19(26)13-24-20(27)16-4-3-11-23-12-16/h1-12H,13,22H2,(H,24,27)(H,25,28). The van der Waals surface area contributed by atoms with Crippen LogP contribution in [-0.2, 0) is 0 Å². The number of hydrogen-bond donors (Lipinski definition) is 3. The number of nitrogen functional groups attached to an aromatic ring is 1. The second kappa shape index (κ2) is 8.59. The van der Waals surface area contributed by atoms with Crippen molar-refractivity contribution >= 4 is 29.0 Å². The maximum Gasteiger partial charge on any atom is 0.255 e. The lowest BCUT2D eigenvalue weighted by Crippen LogP contribution is -2.29. The van der Waals surface area contributed by atoms with Crippen LogP contribution in [0.3, 0.4) is 0 Å². The van der Waals surface area contributed by atoms with E-state index in [0.717, 1.165) is 0 Å². The highest BCUT2D eigenvalue weighted by atomic mass is 16.2. The third-order valence-electron chi connectivity index (χ3n) is 4.01. The molecule has 0 aliphatic carbocycles. The van der Waals surface area contributed by atoms with E-state index in [1.54, 1.807) is 66.9 Å². The highest BCUT2D eigenvalue weighted by molar-refractivity contribution is 6.07. The first-order valence-electron chi connectivity index (χ1n) is 8.52. The summed E-state index contributed by atoms with van der Waals surface area (Å²) in [5.41, 5.74) is 7.95. The maximum atomic E-state index is 12.3. The fourth-order valence-electron chi connectivity index (χ4n) is 2.47. The maximum absolute atomic E-state index is 12.3. The number of nitrogens with two attached hydrogens (primary N) is 1. The summed E-state index contributed by atoms with van der Waals surface area (Å²) in [5, 5.41) is 5.27. The average molecular weight is 374 g/mol. The zero-order valence-electron chi connectivity index (χ0n) is 14.9. The molecule has 3 rings (SSSR count). The van der Waals surface area contributed by atoms with Gasteiger partial charge in [0.1, 0.15) is 0 Å². The van der Waals surface area contributed by atoms with E-state index in [1.165, 1.54) is 6.20 Å². The van der Waals surface area contributed by atoms with Crippen LogP contribution in [-0.4, -0.2) is 29.1 Å². The molecule has 3 aromatic rings. The molecule has 4 N–H and O–H groups in total. The van der Waals surface area contributed by atoms with Gasteiger partial charge in [-0.15, -0.1) is 0 Å². The van der Waals surface area contributed by atoms with Gasteiger partial charge >= 0.3 is 0 Å². The van der Waals surface area contributed by atoms with Crippen molar-refractivity contribution in [3.63, 3.8) is 0 Å². The van der Waals surface area contributed by atoms with Crippen molar-refractivity contribution in [2.24, 2.45) is 0 Å². The summed E-state index contributed by atoms with van der Waals surface area (Å²) in [6.07, 6.45) is 2.98.